The van der Waals surface area contributed by atoms with E-state index in [2.05, 4.69) is 5.32 Å². The van der Waals surface area contributed by atoms with E-state index in [1.165, 1.54) is 19.2 Å². The van der Waals surface area contributed by atoms with Gasteiger partial charge in [-0.05, 0) is 18.2 Å². The van der Waals surface area contributed by atoms with Gasteiger partial charge in [-0.25, -0.2) is 4.39 Å². The Kier molecular flexibility index (Phi) is 6.08. The first-order valence-corrected chi connectivity index (χ1v) is 5.93. The lowest BCUT2D eigenvalue weighted by Gasteiger charge is -2.15. The van der Waals surface area contributed by atoms with Crippen LogP contribution in [0.1, 0.15) is 16.8 Å². The molecule has 0 saturated carbocycles. The molecule has 0 amide bonds. The molecule has 0 aliphatic rings. The second-order valence-corrected chi connectivity index (χ2v) is 4.04. The number of halogens is 1. The molecule has 0 fully saturated rings. The van der Waals surface area contributed by atoms with Crippen LogP contribution in [0.4, 0.5) is 4.39 Å². The highest BCUT2D eigenvalue weighted by atomic mass is 19.1. The molecule has 1 aromatic rings. The molecule has 6 nitrogen and oxygen atoms in total. The number of carboxylic acids is 1. The number of aliphatic carboxylic acids is 1. The van der Waals surface area contributed by atoms with Crippen LogP contribution in [0.15, 0.2) is 18.2 Å². The Labute approximate surface area is 115 Å². The van der Waals surface area contributed by atoms with E-state index in [0.29, 0.717) is 0 Å². The number of carboxylic acid groups (broad SMARTS) is 1. The van der Waals surface area contributed by atoms with Gasteiger partial charge < -0.3 is 20.3 Å². The Balaban J connectivity index is 2.92. The monoisotopic (exact) mass is 285 g/mol. The molecule has 0 aliphatic carbocycles. The summed E-state index contributed by atoms with van der Waals surface area (Å²) >= 11 is 0. The van der Waals surface area contributed by atoms with E-state index in [-0.39, 0.29) is 24.5 Å². The molecule has 0 radical (unpaired) electrons. The molecule has 3 N–H and O–H groups in total. The number of hydrogen-bond acceptors (Lipinski definition) is 5. The van der Waals surface area contributed by atoms with Crippen LogP contribution in [0.25, 0.3) is 0 Å². The van der Waals surface area contributed by atoms with Crippen molar-refractivity contribution in [3.05, 3.63) is 29.6 Å². The maximum atomic E-state index is 13.5. The molecule has 0 bridgehead atoms. The van der Waals surface area contributed by atoms with Crippen LogP contribution in [0, 0.1) is 5.82 Å². The molecule has 7 heteroatoms. The largest absolute Gasteiger partial charge is 0.494 e. The second kappa shape index (κ2) is 7.56. The molecular weight excluding hydrogens is 269 g/mol. The summed E-state index contributed by atoms with van der Waals surface area (Å²) in [6.07, 6.45) is -0.452. The van der Waals surface area contributed by atoms with Gasteiger partial charge in [0.2, 0.25) is 0 Å². The van der Waals surface area contributed by atoms with Gasteiger partial charge in [0, 0.05) is 12.1 Å². The van der Waals surface area contributed by atoms with E-state index >= 15 is 0 Å². The summed E-state index contributed by atoms with van der Waals surface area (Å²) in [7, 11) is 1.30. The minimum absolute atomic E-state index is 0.000322. The number of aliphatic hydroxyl groups is 1. The van der Waals surface area contributed by atoms with Crippen molar-refractivity contribution in [1.82, 2.24) is 5.32 Å². The number of ether oxygens (including phenoxy) is 1. The highest BCUT2D eigenvalue weighted by Gasteiger charge is 2.23. The highest BCUT2D eigenvalue weighted by molar-refractivity contribution is 6.01. The Hall–Kier alpha value is -1.99. The molecular formula is C13H16FNO5. The summed E-state index contributed by atoms with van der Waals surface area (Å²) in [6.45, 7) is -0.164. The maximum absolute atomic E-state index is 13.5. The fraction of sp³-hybridized carbons (Fsp3) is 0.385. The smallest absolute Gasteiger partial charge is 0.305 e. The minimum Gasteiger partial charge on any atom is -0.494 e. The van der Waals surface area contributed by atoms with E-state index in [9.17, 15) is 14.0 Å². The third-order valence-electron chi connectivity index (χ3n) is 2.63. The topological polar surface area (TPSA) is 95.9 Å². The molecule has 0 saturated heterocycles. The first-order valence-electron chi connectivity index (χ1n) is 5.93. The van der Waals surface area contributed by atoms with Crippen LogP contribution in [-0.2, 0) is 4.79 Å². The standard InChI is InChI=1S/C13H16FNO5/c1-20-11-3-2-8(6-9(11)14)13(19)10(7-12(17)18)15-4-5-16/h2-3,6,10,15-16H,4-5,7H2,1H3,(H,17,18). The second-order valence-electron chi connectivity index (χ2n) is 4.04. The van der Waals surface area contributed by atoms with Crippen LogP contribution >= 0.6 is 0 Å². The molecule has 0 heterocycles. The Bertz CT molecular complexity index is 492. The van der Waals surface area contributed by atoms with Gasteiger partial charge in [0.15, 0.2) is 17.3 Å². The third kappa shape index (κ3) is 4.29. The van der Waals surface area contributed by atoms with Crippen molar-refractivity contribution in [2.24, 2.45) is 0 Å². The van der Waals surface area contributed by atoms with Crippen LogP contribution in [0.5, 0.6) is 5.75 Å². The molecule has 0 aromatic heterocycles. The molecule has 20 heavy (non-hydrogen) atoms. The van der Waals surface area contributed by atoms with Crippen molar-refractivity contribution >= 4 is 11.8 Å². The van der Waals surface area contributed by atoms with Gasteiger partial charge in [0.25, 0.3) is 0 Å². The Morgan fingerprint density at radius 3 is 2.65 bits per heavy atom. The fourth-order valence-corrected chi connectivity index (χ4v) is 1.69. The Morgan fingerprint density at radius 2 is 2.15 bits per heavy atom. The van der Waals surface area contributed by atoms with E-state index in [0.717, 1.165) is 6.07 Å². The molecule has 1 rings (SSSR count). The van der Waals surface area contributed by atoms with Crippen LogP contribution in [0.2, 0.25) is 0 Å². The first kappa shape index (κ1) is 16.1. The number of methoxy groups -OCH3 is 1. The van der Waals surface area contributed by atoms with Gasteiger partial charge >= 0.3 is 5.97 Å². The van der Waals surface area contributed by atoms with Crippen LogP contribution < -0.4 is 10.1 Å². The number of benzene rings is 1. The van der Waals surface area contributed by atoms with Crippen molar-refractivity contribution in [1.29, 1.82) is 0 Å². The summed E-state index contributed by atoms with van der Waals surface area (Å²) in [4.78, 5) is 22.9. The zero-order valence-corrected chi connectivity index (χ0v) is 10.9. The van der Waals surface area contributed by atoms with Gasteiger partial charge in [-0.15, -0.1) is 0 Å². The number of Topliss-reactive ketones (excluding diaryl/α,β-unsaturated/α-hetero) is 1. The van der Waals surface area contributed by atoms with Crippen LogP contribution in [0.3, 0.4) is 0 Å². The van der Waals surface area contributed by atoms with E-state index in [1.807, 2.05) is 0 Å². The third-order valence-corrected chi connectivity index (χ3v) is 2.63. The van der Waals surface area contributed by atoms with Gasteiger partial charge in [-0.1, -0.05) is 0 Å². The van der Waals surface area contributed by atoms with Crippen molar-refractivity contribution < 1.29 is 28.9 Å². The predicted octanol–water partition coefficient (Wildman–Crippen LogP) is 0.442. The average molecular weight is 285 g/mol. The van der Waals surface area contributed by atoms with Crippen molar-refractivity contribution in [2.45, 2.75) is 12.5 Å². The van der Waals surface area contributed by atoms with Crippen LogP contribution in [-0.4, -0.2) is 48.3 Å². The molecule has 1 atom stereocenters. The van der Waals surface area contributed by atoms with Crippen molar-refractivity contribution in [3.8, 4) is 5.75 Å². The number of carbonyl (C=O) groups excluding carboxylic acids is 1. The molecule has 1 unspecified atom stereocenters. The predicted molar refractivity (Wildman–Crippen MR) is 68.4 cm³/mol. The van der Waals surface area contributed by atoms with E-state index in [1.54, 1.807) is 0 Å². The summed E-state index contributed by atoms with van der Waals surface area (Å²) < 4.78 is 18.3. The summed E-state index contributed by atoms with van der Waals surface area (Å²) in [5.74, 6) is -2.42. The van der Waals surface area contributed by atoms with Gasteiger partial charge in [-0.2, -0.15) is 0 Å². The number of aliphatic hydroxyl groups excluding tert-OH is 1. The Morgan fingerprint density at radius 1 is 1.45 bits per heavy atom. The van der Waals surface area contributed by atoms with E-state index in [4.69, 9.17) is 14.9 Å². The van der Waals surface area contributed by atoms with Crippen molar-refractivity contribution in [2.75, 3.05) is 20.3 Å². The number of hydrogen-bond donors (Lipinski definition) is 3. The summed E-state index contributed by atoms with van der Waals surface area (Å²) in [5.41, 5.74) is 0.0417. The number of nitrogens with one attached hydrogen (secondary N) is 1. The maximum Gasteiger partial charge on any atom is 0.305 e. The highest BCUT2D eigenvalue weighted by Crippen LogP contribution is 2.19. The zero-order chi connectivity index (χ0) is 15.1. The van der Waals surface area contributed by atoms with Crippen molar-refractivity contribution in [3.63, 3.8) is 0 Å². The van der Waals surface area contributed by atoms with Gasteiger partial charge in [0.05, 0.1) is 26.2 Å². The minimum atomic E-state index is -1.16. The molecule has 0 aliphatic heterocycles. The summed E-state index contributed by atoms with van der Waals surface area (Å²) in [6, 6.07) is 2.63. The number of ketones is 1. The lowest BCUT2D eigenvalue weighted by atomic mass is 10.0. The molecule has 110 valence electrons. The fourth-order valence-electron chi connectivity index (χ4n) is 1.69. The quantitative estimate of drug-likeness (QED) is 0.600. The lowest BCUT2D eigenvalue weighted by molar-refractivity contribution is -0.137. The SMILES string of the molecule is COc1ccc(C(=O)C(CC(=O)O)NCCO)cc1F. The van der Waals surface area contributed by atoms with E-state index < -0.39 is 30.0 Å². The van der Waals surface area contributed by atoms with Gasteiger partial charge in [0.1, 0.15) is 0 Å². The number of carbonyl (C=O) groups is 2. The lowest BCUT2D eigenvalue weighted by Crippen LogP contribution is -2.40. The number of rotatable bonds is 8. The zero-order valence-electron chi connectivity index (χ0n) is 10.9. The molecule has 1 aromatic carbocycles. The van der Waals surface area contributed by atoms with Gasteiger partial charge in [-0.3, -0.25) is 9.59 Å². The summed E-state index contributed by atoms with van der Waals surface area (Å²) in [5, 5.41) is 20.1. The first-order chi connectivity index (χ1) is 9.49. The normalized spacial score (nSPS) is 11.9. The molecule has 0 spiro atoms. The average Bonchev–Trinajstić information content (AvgIpc) is 2.42.